The molecule has 82 valence electrons. The van der Waals surface area contributed by atoms with E-state index in [1.54, 1.807) is 6.92 Å². The van der Waals surface area contributed by atoms with E-state index in [2.05, 4.69) is 13.5 Å². The molecule has 0 aromatic rings. The Balaban J connectivity index is 3.48. The summed E-state index contributed by atoms with van der Waals surface area (Å²) < 4.78 is 10.3. The van der Waals surface area contributed by atoms with Crippen molar-refractivity contribution in [3.63, 3.8) is 0 Å². The second-order valence-electron chi connectivity index (χ2n) is 3.56. The van der Waals surface area contributed by atoms with Crippen LogP contribution in [0.5, 0.6) is 0 Å². The molecule has 0 aliphatic carbocycles. The second kappa shape index (κ2) is 7.56. The molecule has 0 N–H and O–H groups in total. The highest BCUT2D eigenvalue weighted by Gasteiger charge is 2.07. The van der Waals surface area contributed by atoms with Crippen LogP contribution in [-0.2, 0) is 14.3 Å². The fourth-order valence-corrected chi connectivity index (χ4v) is 0.818. The van der Waals surface area contributed by atoms with Crippen molar-refractivity contribution in [1.82, 2.24) is 0 Å². The Kier molecular flexibility index (Phi) is 7.11. The predicted octanol–water partition coefficient (Wildman–Crippen LogP) is 2.17. The van der Waals surface area contributed by atoms with Crippen LogP contribution in [0.15, 0.2) is 12.2 Å². The lowest BCUT2D eigenvalue weighted by atomic mass is 10.2. The smallest absolute Gasteiger partial charge is 0.333 e. The zero-order chi connectivity index (χ0) is 11.0. The fourth-order valence-electron chi connectivity index (χ4n) is 0.818. The highest BCUT2D eigenvalue weighted by Crippen LogP contribution is 2.00. The first-order valence-corrected chi connectivity index (χ1v) is 4.98. The van der Waals surface area contributed by atoms with E-state index >= 15 is 0 Å². The van der Waals surface area contributed by atoms with Crippen LogP contribution < -0.4 is 0 Å². The van der Waals surface area contributed by atoms with Crippen molar-refractivity contribution in [3.05, 3.63) is 12.2 Å². The molecule has 0 radical (unpaired) electrons. The first-order chi connectivity index (χ1) is 6.57. The number of hydrogen-bond donors (Lipinski definition) is 0. The largest absolute Gasteiger partial charge is 0.462 e. The number of rotatable bonds is 7. The third-order valence-corrected chi connectivity index (χ3v) is 1.60. The molecule has 0 saturated carbocycles. The Labute approximate surface area is 86.1 Å². The summed E-state index contributed by atoms with van der Waals surface area (Å²) in [6.45, 7) is 11.0. The van der Waals surface area contributed by atoms with Crippen molar-refractivity contribution in [1.29, 1.82) is 0 Å². The molecule has 0 aliphatic rings. The maximum atomic E-state index is 11.0. The summed E-state index contributed by atoms with van der Waals surface area (Å²) >= 11 is 0. The summed E-state index contributed by atoms with van der Waals surface area (Å²) in [5.74, 6) is -0.0859. The van der Waals surface area contributed by atoms with E-state index < -0.39 is 0 Å². The summed E-state index contributed by atoms with van der Waals surface area (Å²) in [4.78, 5) is 11.0. The molecule has 14 heavy (non-hydrogen) atoms. The Morgan fingerprint density at radius 1 is 1.43 bits per heavy atom. The second-order valence-corrected chi connectivity index (χ2v) is 3.56. The van der Waals surface area contributed by atoms with Crippen molar-refractivity contribution in [2.45, 2.75) is 27.2 Å². The Hall–Kier alpha value is -0.830. The van der Waals surface area contributed by atoms with Gasteiger partial charge in [0.15, 0.2) is 0 Å². The first-order valence-electron chi connectivity index (χ1n) is 4.98. The zero-order valence-electron chi connectivity index (χ0n) is 9.34. The van der Waals surface area contributed by atoms with E-state index in [1.807, 2.05) is 6.92 Å². The van der Waals surface area contributed by atoms with E-state index in [9.17, 15) is 4.79 Å². The van der Waals surface area contributed by atoms with Gasteiger partial charge in [-0.15, -0.1) is 0 Å². The number of carbonyl (C=O) groups is 1. The van der Waals surface area contributed by atoms with Crippen LogP contribution in [0.4, 0.5) is 0 Å². The summed E-state index contributed by atoms with van der Waals surface area (Å²) in [6.07, 6.45) is 1.01. The standard InChI is InChI=1S/C11H20O3/c1-5-6-13-7-10(4)8-14-11(12)9(2)3/h10H,2,5-8H2,1,3-4H3. The van der Waals surface area contributed by atoms with Gasteiger partial charge in [-0.2, -0.15) is 0 Å². The molecule has 3 nitrogen and oxygen atoms in total. The van der Waals surface area contributed by atoms with E-state index in [-0.39, 0.29) is 11.9 Å². The minimum absolute atomic E-state index is 0.241. The molecule has 0 fully saturated rings. The topological polar surface area (TPSA) is 35.5 Å². The van der Waals surface area contributed by atoms with E-state index in [1.165, 1.54) is 0 Å². The Bertz CT molecular complexity index is 187. The van der Waals surface area contributed by atoms with Gasteiger partial charge in [-0.25, -0.2) is 4.79 Å². The molecule has 0 aliphatic heterocycles. The lowest BCUT2D eigenvalue weighted by Gasteiger charge is -2.12. The minimum atomic E-state index is -0.327. The van der Waals surface area contributed by atoms with Gasteiger partial charge in [-0.1, -0.05) is 20.4 Å². The molecular formula is C11H20O3. The average molecular weight is 200 g/mol. The quantitative estimate of drug-likeness (QED) is 0.359. The van der Waals surface area contributed by atoms with Gasteiger partial charge in [0.2, 0.25) is 0 Å². The average Bonchev–Trinajstić information content (AvgIpc) is 2.14. The molecule has 0 aromatic carbocycles. The van der Waals surface area contributed by atoms with Gasteiger partial charge in [-0.05, 0) is 13.3 Å². The molecule has 0 bridgehead atoms. The molecule has 0 heterocycles. The third-order valence-electron chi connectivity index (χ3n) is 1.60. The van der Waals surface area contributed by atoms with Crippen molar-refractivity contribution < 1.29 is 14.3 Å². The van der Waals surface area contributed by atoms with E-state index in [0.29, 0.717) is 18.8 Å². The third kappa shape index (κ3) is 6.66. The van der Waals surface area contributed by atoms with Crippen LogP contribution in [0.3, 0.4) is 0 Å². The minimum Gasteiger partial charge on any atom is -0.462 e. The van der Waals surface area contributed by atoms with Gasteiger partial charge in [0.1, 0.15) is 0 Å². The van der Waals surface area contributed by atoms with Gasteiger partial charge in [0.05, 0.1) is 13.2 Å². The normalized spacial score (nSPS) is 12.2. The van der Waals surface area contributed by atoms with E-state index in [0.717, 1.165) is 13.0 Å². The summed E-state index contributed by atoms with van der Waals surface area (Å²) in [7, 11) is 0. The lowest BCUT2D eigenvalue weighted by Crippen LogP contribution is -2.16. The number of hydrogen-bond acceptors (Lipinski definition) is 3. The highest BCUT2D eigenvalue weighted by molar-refractivity contribution is 5.86. The van der Waals surface area contributed by atoms with Gasteiger partial charge in [0, 0.05) is 18.1 Å². The highest BCUT2D eigenvalue weighted by atomic mass is 16.5. The van der Waals surface area contributed by atoms with Gasteiger partial charge in [0.25, 0.3) is 0 Å². The van der Waals surface area contributed by atoms with Crippen molar-refractivity contribution in [2.75, 3.05) is 19.8 Å². The van der Waals surface area contributed by atoms with Crippen LogP contribution in [0.1, 0.15) is 27.2 Å². The van der Waals surface area contributed by atoms with Crippen molar-refractivity contribution >= 4 is 5.97 Å². The molecule has 0 amide bonds. The van der Waals surface area contributed by atoms with Crippen LogP contribution >= 0.6 is 0 Å². The van der Waals surface area contributed by atoms with Gasteiger partial charge >= 0.3 is 5.97 Å². The van der Waals surface area contributed by atoms with Crippen LogP contribution in [0.2, 0.25) is 0 Å². The fraction of sp³-hybridized carbons (Fsp3) is 0.727. The molecule has 1 unspecified atom stereocenters. The summed E-state index contributed by atoms with van der Waals surface area (Å²) in [5.41, 5.74) is 0.437. The summed E-state index contributed by atoms with van der Waals surface area (Å²) in [5, 5.41) is 0. The van der Waals surface area contributed by atoms with Crippen LogP contribution in [-0.4, -0.2) is 25.8 Å². The summed E-state index contributed by atoms with van der Waals surface area (Å²) in [6, 6.07) is 0. The maximum absolute atomic E-state index is 11.0. The number of ether oxygens (including phenoxy) is 2. The molecule has 0 rings (SSSR count). The molecular weight excluding hydrogens is 180 g/mol. The number of esters is 1. The van der Waals surface area contributed by atoms with Crippen LogP contribution in [0, 0.1) is 5.92 Å². The Morgan fingerprint density at radius 3 is 2.57 bits per heavy atom. The lowest BCUT2D eigenvalue weighted by molar-refractivity contribution is -0.140. The first kappa shape index (κ1) is 13.2. The molecule has 0 aromatic heterocycles. The van der Waals surface area contributed by atoms with E-state index in [4.69, 9.17) is 9.47 Å². The van der Waals surface area contributed by atoms with Crippen molar-refractivity contribution in [2.24, 2.45) is 5.92 Å². The molecule has 1 atom stereocenters. The Morgan fingerprint density at radius 2 is 2.07 bits per heavy atom. The number of carbonyl (C=O) groups excluding carboxylic acids is 1. The SMILES string of the molecule is C=C(C)C(=O)OCC(C)COCCC. The molecule has 0 saturated heterocycles. The van der Waals surface area contributed by atoms with Gasteiger partial charge < -0.3 is 9.47 Å². The van der Waals surface area contributed by atoms with Crippen LogP contribution in [0.25, 0.3) is 0 Å². The predicted molar refractivity (Wildman–Crippen MR) is 56.0 cm³/mol. The van der Waals surface area contributed by atoms with Gasteiger partial charge in [-0.3, -0.25) is 0 Å². The monoisotopic (exact) mass is 200 g/mol. The molecule has 3 heteroatoms. The molecule has 0 spiro atoms. The van der Waals surface area contributed by atoms with Crippen molar-refractivity contribution in [3.8, 4) is 0 Å². The maximum Gasteiger partial charge on any atom is 0.333 e. The zero-order valence-corrected chi connectivity index (χ0v) is 9.34.